The molecule has 3 heterocycles. The Morgan fingerprint density at radius 3 is 2.67 bits per heavy atom. The standard InChI is InChI=1S/C27H30N4O3SSi/c1-36(2,33)23-15-21(26-29-25(30-34-26)24-7-4-12-35-24)14-22(16-23)27(32)31-10-8-19(9-11-31)20-6-3-5-18(13-20)17-28/h3-7,12-16,19,33H,8-11,17,28H2,1-2H3. The third kappa shape index (κ3) is 5.19. The predicted molar refractivity (Wildman–Crippen MR) is 145 cm³/mol. The molecule has 0 radical (unpaired) electrons. The topological polar surface area (TPSA) is 105 Å². The molecule has 0 bridgehead atoms. The number of amides is 1. The van der Waals surface area contributed by atoms with Gasteiger partial charge in [-0.1, -0.05) is 35.5 Å². The van der Waals surface area contributed by atoms with E-state index in [1.165, 1.54) is 16.9 Å². The van der Waals surface area contributed by atoms with Gasteiger partial charge in [0, 0.05) is 30.8 Å². The van der Waals surface area contributed by atoms with E-state index in [1.807, 2.05) is 53.7 Å². The molecular weight excluding hydrogens is 488 g/mol. The average Bonchev–Trinajstić information content (AvgIpc) is 3.60. The summed E-state index contributed by atoms with van der Waals surface area (Å²) in [7, 11) is -2.70. The van der Waals surface area contributed by atoms with Gasteiger partial charge in [-0.2, -0.15) is 4.98 Å². The lowest BCUT2D eigenvalue weighted by atomic mass is 9.88. The zero-order chi connectivity index (χ0) is 25.3. The molecule has 186 valence electrons. The summed E-state index contributed by atoms with van der Waals surface area (Å²) in [6, 6.07) is 17.8. The Bertz CT molecular complexity index is 1360. The normalized spacial score (nSPS) is 14.8. The summed E-state index contributed by atoms with van der Waals surface area (Å²) in [5, 5.41) is 6.83. The number of nitrogens with zero attached hydrogens (tertiary/aromatic N) is 3. The molecule has 1 aliphatic rings. The molecule has 0 saturated carbocycles. The first-order valence-electron chi connectivity index (χ1n) is 12.2. The Balaban J connectivity index is 1.38. The maximum atomic E-state index is 13.6. The largest absolute Gasteiger partial charge is 0.428 e. The monoisotopic (exact) mass is 518 g/mol. The summed E-state index contributed by atoms with van der Waals surface area (Å²) in [6.07, 6.45) is 1.81. The van der Waals surface area contributed by atoms with Crippen molar-refractivity contribution >= 4 is 30.7 Å². The molecule has 1 fully saturated rings. The quantitative estimate of drug-likeness (QED) is 0.368. The minimum Gasteiger partial charge on any atom is -0.428 e. The van der Waals surface area contributed by atoms with E-state index in [1.54, 1.807) is 6.07 Å². The van der Waals surface area contributed by atoms with E-state index in [-0.39, 0.29) is 5.91 Å². The molecule has 0 atom stereocenters. The molecule has 0 unspecified atom stereocenters. The molecular formula is C27H30N4O3SSi. The van der Waals surface area contributed by atoms with Gasteiger partial charge in [-0.3, -0.25) is 4.79 Å². The number of thiophene rings is 1. The number of nitrogens with two attached hydrogens (primary N) is 1. The maximum absolute atomic E-state index is 13.6. The van der Waals surface area contributed by atoms with Crippen molar-refractivity contribution in [3.05, 3.63) is 76.7 Å². The van der Waals surface area contributed by atoms with Gasteiger partial charge < -0.3 is 20.0 Å². The Morgan fingerprint density at radius 2 is 1.97 bits per heavy atom. The van der Waals surface area contributed by atoms with Gasteiger partial charge in [-0.05, 0) is 77.8 Å². The lowest BCUT2D eigenvalue weighted by Crippen LogP contribution is -2.43. The van der Waals surface area contributed by atoms with Crippen molar-refractivity contribution in [1.29, 1.82) is 0 Å². The maximum Gasteiger partial charge on any atom is 0.258 e. The second kappa shape index (κ2) is 10.1. The van der Waals surface area contributed by atoms with Gasteiger partial charge in [-0.15, -0.1) is 11.3 Å². The van der Waals surface area contributed by atoms with Crippen LogP contribution >= 0.6 is 11.3 Å². The van der Waals surface area contributed by atoms with Crippen LogP contribution in [0.15, 0.2) is 64.5 Å². The Morgan fingerprint density at radius 1 is 1.17 bits per heavy atom. The van der Waals surface area contributed by atoms with Gasteiger partial charge in [0.1, 0.15) is 0 Å². The summed E-state index contributed by atoms with van der Waals surface area (Å²) in [6.45, 7) is 5.57. The molecule has 2 aromatic heterocycles. The van der Waals surface area contributed by atoms with E-state index in [4.69, 9.17) is 10.3 Å². The molecule has 1 aliphatic heterocycles. The van der Waals surface area contributed by atoms with E-state index < -0.39 is 8.32 Å². The van der Waals surface area contributed by atoms with Crippen molar-refractivity contribution in [2.75, 3.05) is 13.1 Å². The zero-order valence-corrected chi connectivity index (χ0v) is 22.3. The van der Waals surface area contributed by atoms with Crippen LogP contribution in [0.3, 0.4) is 0 Å². The van der Waals surface area contributed by atoms with Crippen LogP contribution in [-0.4, -0.2) is 47.2 Å². The van der Waals surface area contributed by atoms with Gasteiger partial charge in [0.05, 0.1) is 4.88 Å². The van der Waals surface area contributed by atoms with Crippen LogP contribution in [0.25, 0.3) is 22.2 Å². The third-order valence-electron chi connectivity index (χ3n) is 6.74. The van der Waals surface area contributed by atoms with Crippen LogP contribution in [0.2, 0.25) is 13.1 Å². The molecule has 9 heteroatoms. The molecule has 4 aromatic rings. The Kier molecular flexibility index (Phi) is 6.89. The van der Waals surface area contributed by atoms with Crippen LogP contribution in [0.5, 0.6) is 0 Å². The molecule has 3 N–H and O–H groups in total. The zero-order valence-electron chi connectivity index (χ0n) is 20.5. The predicted octanol–water partition coefficient (Wildman–Crippen LogP) is 4.35. The average molecular weight is 519 g/mol. The highest BCUT2D eigenvalue weighted by Crippen LogP contribution is 2.30. The molecule has 0 spiro atoms. The lowest BCUT2D eigenvalue weighted by molar-refractivity contribution is 0.0713. The number of hydrogen-bond acceptors (Lipinski definition) is 7. The second-order valence-electron chi connectivity index (χ2n) is 9.77. The number of aromatic nitrogens is 2. The number of carbonyl (C=O) groups is 1. The van der Waals surface area contributed by atoms with Crippen LogP contribution in [-0.2, 0) is 6.54 Å². The highest BCUT2D eigenvalue weighted by molar-refractivity contribution is 7.13. The van der Waals surface area contributed by atoms with Gasteiger partial charge in [0.15, 0.2) is 0 Å². The van der Waals surface area contributed by atoms with Crippen LogP contribution in [0.4, 0.5) is 0 Å². The van der Waals surface area contributed by atoms with E-state index in [9.17, 15) is 9.59 Å². The fraction of sp³-hybridized carbons (Fsp3) is 0.296. The highest BCUT2D eigenvalue weighted by Gasteiger charge is 2.28. The first-order valence-corrected chi connectivity index (χ1v) is 16.0. The summed E-state index contributed by atoms with van der Waals surface area (Å²) < 4.78 is 5.55. The summed E-state index contributed by atoms with van der Waals surface area (Å²) in [4.78, 5) is 31.8. The smallest absolute Gasteiger partial charge is 0.258 e. The molecule has 1 saturated heterocycles. The molecule has 1 amide bonds. The Hall–Kier alpha value is -3.11. The minimum absolute atomic E-state index is 0.0384. The van der Waals surface area contributed by atoms with Crippen molar-refractivity contribution < 1.29 is 14.1 Å². The molecule has 5 rings (SSSR count). The first kappa shape index (κ1) is 24.6. The van der Waals surface area contributed by atoms with Gasteiger partial charge in [0.2, 0.25) is 14.1 Å². The molecule has 0 aliphatic carbocycles. The second-order valence-corrected chi connectivity index (χ2v) is 14.4. The SMILES string of the molecule is C[Si](C)(O)c1cc(C(=O)N2CCC(c3cccc(CN)c3)CC2)cc(-c2nc(-c3cccs3)no2)c1. The summed E-state index contributed by atoms with van der Waals surface area (Å²) in [5.41, 5.74) is 9.43. The molecule has 2 aromatic carbocycles. The lowest BCUT2D eigenvalue weighted by Gasteiger charge is -2.32. The molecule has 36 heavy (non-hydrogen) atoms. The van der Waals surface area contributed by atoms with Gasteiger partial charge >= 0.3 is 0 Å². The number of piperidine rings is 1. The van der Waals surface area contributed by atoms with Gasteiger partial charge in [-0.25, -0.2) is 0 Å². The van der Waals surface area contributed by atoms with Crippen molar-refractivity contribution in [3.63, 3.8) is 0 Å². The van der Waals surface area contributed by atoms with Gasteiger partial charge in [0.25, 0.3) is 11.8 Å². The summed E-state index contributed by atoms with van der Waals surface area (Å²) in [5.74, 6) is 1.23. The molecule has 7 nitrogen and oxygen atoms in total. The minimum atomic E-state index is -2.70. The van der Waals surface area contributed by atoms with Crippen molar-refractivity contribution in [1.82, 2.24) is 15.0 Å². The third-order valence-corrected chi connectivity index (χ3v) is 9.31. The number of rotatable bonds is 6. The van der Waals surface area contributed by atoms with Crippen LogP contribution in [0, 0.1) is 0 Å². The van der Waals surface area contributed by atoms with Crippen LogP contribution < -0.4 is 10.9 Å². The van der Waals surface area contributed by atoms with Crippen molar-refractivity contribution in [2.45, 2.75) is 38.4 Å². The highest BCUT2D eigenvalue weighted by atomic mass is 32.1. The fourth-order valence-corrected chi connectivity index (χ4v) is 6.31. The van der Waals surface area contributed by atoms with E-state index in [0.717, 1.165) is 28.5 Å². The Labute approximate surface area is 215 Å². The first-order chi connectivity index (χ1) is 17.3. The number of benzene rings is 2. The number of hydrogen-bond donors (Lipinski definition) is 2. The fourth-order valence-electron chi connectivity index (χ4n) is 4.65. The van der Waals surface area contributed by atoms with Crippen molar-refractivity contribution in [2.24, 2.45) is 5.73 Å². The van der Waals surface area contributed by atoms with E-state index in [0.29, 0.717) is 48.4 Å². The summed E-state index contributed by atoms with van der Waals surface area (Å²) >= 11 is 1.53. The number of carbonyl (C=O) groups excluding carboxylic acids is 1. The van der Waals surface area contributed by atoms with E-state index >= 15 is 0 Å². The number of likely N-dealkylation sites (tertiary alicyclic amines) is 1. The van der Waals surface area contributed by atoms with E-state index in [2.05, 4.69) is 28.3 Å². The van der Waals surface area contributed by atoms with Crippen molar-refractivity contribution in [3.8, 4) is 22.2 Å². The van der Waals surface area contributed by atoms with Crippen LogP contribution in [0.1, 0.15) is 40.2 Å².